The van der Waals surface area contributed by atoms with E-state index in [9.17, 15) is 13.5 Å². The van der Waals surface area contributed by atoms with Crippen LogP contribution in [0.5, 0.6) is 0 Å². The predicted octanol–water partition coefficient (Wildman–Crippen LogP) is 0.871. The summed E-state index contributed by atoms with van der Waals surface area (Å²) in [6.07, 6.45) is 2.59. The smallest absolute Gasteiger partial charge is 0.156 e. The van der Waals surface area contributed by atoms with Gasteiger partial charge in [-0.3, -0.25) is 0 Å². The second-order valence-electron chi connectivity index (χ2n) is 4.65. The van der Waals surface area contributed by atoms with Crippen LogP contribution in [0.2, 0.25) is 0 Å². The highest BCUT2D eigenvalue weighted by Gasteiger charge is 2.52. The van der Waals surface area contributed by atoms with Crippen LogP contribution in [0.25, 0.3) is 0 Å². The van der Waals surface area contributed by atoms with E-state index < -0.39 is 15.4 Å². The van der Waals surface area contributed by atoms with Crippen LogP contribution in [-0.4, -0.2) is 29.6 Å². The normalized spacial score (nSPS) is 42.0. The number of hydrogen-bond donors (Lipinski definition) is 1. The third-order valence-corrected chi connectivity index (χ3v) is 6.21. The first-order valence-corrected chi connectivity index (χ1v) is 6.94. The lowest BCUT2D eigenvalue weighted by molar-refractivity contribution is 0.0266. The van der Waals surface area contributed by atoms with Crippen molar-refractivity contribution in [3.63, 3.8) is 0 Å². The molecule has 0 aliphatic carbocycles. The molecule has 0 aromatic carbocycles. The Hall–Kier alpha value is -0.530. The van der Waals surface area contributed by atoms with Crippen LogP contribution in [0.3, 0.4) is 0 Å². The van der Waals surface area contributed by atoms with Gasteiger partial charge in [-0.05, 0) is 32.6 Å². The summed E-state index contributed by atoms with van der Waals surface area (Å²) >= 11 is 0. The molecular weight excluding hydrogens is 212 g/mol. The summed E-state index contributed by atoms with van der Waals surface area (Å²) in [5.74, 6) is 5.61. The molecule has 2 atom stereocenters. The van der Waals surface area contributed by atoms with E-state index in [2.05, 4.69) is 11.8 Å². The molecule has 15 heavy (non-hydrogen) atoms. The van der Waals surface area contributed by atoms with Gasteiger partial charge in [-0.25, -0.2) is 8.42 Å². The summed E-state index contributed by atoms with van der Waals surface area (Å²) in [6.45, 7) is 1.73. The molecular formula is C11H16O3S. The van der Waals surface area contributed by atoms with Gasteiger partial charge in [0.2, 0.25) is 0 Å². The van der Waals surface area contributed by atoms with E-state index >= 15 is 0 Å². The Morgan fingerprint density at radius 2 is 1.87 bits per heavy atom. The van der Waals surface area contributed by atoms with Crippen LogP contribution in [0.4, 0.5) is 0 Å². The Kier molecular flexibility index (Phi) is 2.56. The average Bonchev–Trinajstić information content (AvgIpc) is 2.40. The molecule has 2 bridgehead atoms. The molecule has 2 saturated heterocycles. The molecule has 0 radical (unpaired) electrons. The third kappa shape index (κ3) is 1.79. The summed E-state index contributed by atoms with van der Waals surface area (Å²) in [6, 6.07) is 0. The summed E-state index contributed by atoms with van der Waals surface area (Å²) in [5, 5.41) is 9.61. The van der Waals surface area contributed by atoms with Crippen LogP contribution in [-0.2, 0) is 9.84 Å². The van der Waals surface area contributed by atoms with E-state index in [-0.39, 0.29) is 10.5 Å². The van der Waals surface area contributed by atoms with Gasteiger partial charge in [-0.2, -0.15) is 0 Å². The first-order chi connectivity index (χ1) is 6.98. The molecule has 2 aliphatic heterocycles. The minimum absolute atomic E-state index is 0.320. The van der Waals surface area contributed by atoms with Gasteiger partial charge in [0.15, 0.2) is 9.84 Å². The van der Waals surface area contributed by atoms with Crippen molar-refractivity contribution < 1.29 is 13.5 Å². The number of hydrogen-bond acceptors (Lipinski definition) is 3. The second-order valence-corrected chi connectivity index (χ2v) is 7.16. The largest absolute Gasteiger partial charge is 0.389 e. The first-order valence-electron chi connectivity index (χ1n) is 5.33. The molecule has 4 heteroatoms. The van der Waals surface area contributed by atoms with Crippen LogP contribution < -0.4 is 0 Å². The Balaban J connectivity index is 2.20. The molecule has 1 N–H and O–H groups in total. The van der Waals surface area contributed by atoms with E-state index in [0.717, 1.165) is 12.8 Å². The van der Waals surface area contributed by atoms with Crippen molar-refractivity contribution in [2.45, 2.75) is 55.1 Å². The van der Waals surface area contributed by atoms with E-state index in [0.29, 0.717) is 19.3 Å². The number of sulfone groups is 1. The van der Waals surface area contributed by atoms with Crippen molar-refractivity contribution in [2.75, 3.05) is 0 Å². The van der Waals surface area contributed by atoms with Gasteiger partial charge >= 0.3 is 0 Å². The van der Waals surface area contributed by atoms with Crippen LogP contribution in [0.1, 0.15) is 39.0 Å². The van der Waals surface area contributed by atoms with E-state index in [1.54, 1.807) is 6.92 Å². The van der Waals surface area contributed by atoms with Crippen LogP contribution in [0, 0.1) is 11.8 Å². The number of fused-ring (bicyclic) bond motifs is 2. The summed E-state index contributed by atoms with van der Waals surface area (Å²) in [5.41, 5.74) is -0.861. The number of rotatable bonds is 1. The molecule has 2 aliphatic rings. The Morgan fingerprint density at radius 3 is 2.33 bits per heavy atom. The van der Waals surface area contributed by atoms with Gasteiger partial charge in [0.25, 0.3) is 0 Å². The molecule has 0 saturated carbocycles. The van der Waals surface area contributed by atoms with Crippen molar-refractivity contribution in [3.8, 4) is 11.8 Å². The maximum atomic E-state index is 11.8. The Bertz CT molecular complexity index is 393. The lowest BCUT2D eigenvalue weighted by Gasteiger charge is -2.34. The lowest BCUT2D eigenvalue weighted by Crippen LogP contribution is -2.44. The van der Waals surface area contributed by atoms with E-state index in [1.165, 1.54) is 0 Å². The first kappa shape index (κ1) is 11.0. The third-order valence-electron chi connectivity index (χ3n) is 3.55. The fraction of sp³-hybridized carbons (Fsp3) is 0.818. The minimum Gasteiger partial charge on any atom is -0.389 e. The predicted molar refractivity (Wildman–Crippen MR) is 58.0 cm³/mol. The number of aliphatic hydroxyl groups is 1. The molecule has 0 aromatic rings. The molecule has 0 amide bonds. The molecule has 2 unspecified atom stereocenters. The van der Waals surface area contributed by atoms with Gasteiger partial charge in [0.1, 0.15) is 0 Å². The fourth-order valence-corrected chi connectivity index (χ4v) is 5.30. The van der Waals surface area contributed by atoms with Gasteiger partial charge in [0, 0.05) is 6.42 Å². The summed E-state index contributed by atoms with van der Waals surface area (Å²) < 4.78 is 23.6. The topological polar surface area (TPSA) is 54.4 Å². The SMILES string of the molecule is CC#CCC1(O)CC2CCC(C1)S2(=O)=O. The van der Waals surface area contributed by atoms with Crippen LogP contribution >= 0.6 is 0 Å². The average molecular weight is 228 g/mol. The zero-order valence-electron chi connectivity index (χ0n) is 8.86. The highest BCUT2D eigenvalue weighted by atomic mass is 32.2. The van der Waals surface area contributed by atoms with Gasteiger partial charge in [-0.15, -0.1) is 11.8 Å². The summed E-state index contributed by atoms with van der Waals surface area (Å²) in [7, 11) is -2.93. The van der Waals surface area contributed by atoms with Crippen molar-refractivity contribution in [3.05, 3.63) is 0 Å². The zero-order valence-corrected chi connectivity index (χ0v) is 9.68. The Labute approximate surface area is 90.8 Å². The fourth-order valence-electron chi connectivity index (χ4n) is 2.74. The van der Waals surface area contributed by atoms with Gasteiger partial charge < -0.3 is 5.11 Å². The Morgan fingerprint density at radius 1 is 1.33 bits per heavy atom. The monoisotopic (exact) mass is 228 g/mol. The molecule has 2 heterocycles. The maximum Gasteiger partial charge on any atom is 0.156 e. The van der Waals surface area contributed by atoms with Crippen LogP contribution in [0.15, 0.2) is 0 Å². The van der Waals surface area contributed by atoms with Crippen molar-refractivity contribution >= 4 is 9.84 Å². The maximum absolute atomic E-state index is 11.8. The van der Waals surface area contributed by atoms with Crippen molar-refractivity contribution in [1.29, 1.82) is 0 Å². The molecule has 84 valence electrons. The van der Waals surface area contributed by atoms with Crippen molar-refractivity contribution in [1.82, 2.24) is 0 Å². The lowest BCUT2D eigenvalue weighted by atomic mass is 9.90. The highest BCUT2D eigenvalue weighted by Crippen LogP contribution is 2.44. The highest BCUT2D eigenvalue weighted by molar-refractivity contribution is 7.93. The summed E-state index contributed by atoms with van der Waals surface area (Å²) in [4.78, 5) is 0. The van der Waals surface area contributed by atoms with Gasteiger partial charge in [-0.1, -0.05) is 0 Å². The standard InChI is InChI=1S/C11H16O3S/c1-2-3-6-11(12)7-9-4-5-10(8-11)15(9,13)14/h9-10,12H,4-8H2,1H3. The minimum atomic E-state index is -2.93. The molecule has 0 aromatic heterocycles. The zero-order chi connectivity index (χ0) is 11.1. The molecule has 2 rings (SSSR count). The molecule has 0 spiro atoms. The van der Waals surface area contributed by atoms with Gasteiger partial charge in [0.05, 0.1) is 16.1 Å². The van der Waals surface area contributed by atoms with E-state index in [4.69, 9.17) is 0 Å². The quantitative estimate of drug-likeness (QED) is 0.678. The van der Waals surface area contributed by atoms with Crippen molar-refractivity contribution in [2.24, 2.45) is 0 Å². The molecule has 2 fully saturated rings. The second kappa shape index (κ2) is 3.50. The van der Waals surface area contributed by atoms with E-state index in [1.807, 2.05) is 0 Å². The molecule has 3 nitrogen and oxygen atoms in total.